The predicted molar refractivity (Wildman–Crippen MR) is 118 cm³/mol. The Balaban J connectivity index is 1.92. The minimum Gasteiger partial charge on any atom is -0.309 e. The van der Waals surface area contributed by atoms with E-state index in [1.165, 1.54) is 53.2 Å². The van der Waals surface area contributed by atoms with Crippen LogP contribution in [0.2, 0.25) is 0 Å². The second-order valence-corrected chi connectivity index (χ2v) is 8.21. The normalized spacial score (nSPS) is 11.9. The molecule has 4 aromatic carbocycles. The summed E-state index contributed by atoms with van der Waals surface area (Å²) in [5.41, 5.74) is 5.05. The van der Waals surface area contributed by atoms with E-state index >= 15 is 0 Å². The largest absolute Gasteiger partial charge is 0.309 e. The van der Waals surface area contributed by atoms with E-state index in [4.69, 9.17) is 0 Å². The van der Waals surface area contributed by atoms with Crippen LogP contribution in [-0.4, -0.2) is 4.57 Å². The maximum Gasteiger partial charge on any atom is 0.0548 e. The van der Waals surface area contributed by atoms with Gasteiger partial charge in [0, 0.05) is 36.6 Å². The fourth-order valence-corrected chi connectivity index (χ4v) is 5.40. The zero-order valence-corrected chi connectivity index (χ0v) is 15.8. The number of rotatable bonds is 1. The van der Waals surface area contributed by atoms with E-state index in [0.29, 0.717) is 0 Å². The van der Waals surface area contributed by atoms with Crippen molar-refractivity contribution in [3.8, 4) is 5.69 Å². The molecule has 128 valence electrons. The number of nitrogens with zero attached hydrogens (tertiary/aromatic N) is 1. The second kappa shape index (κ2) is 5.45. The molecule has 6 aromatic rings. The van der Waals surface area contributed by atoms with Crippen molar-refractivity contribution in [3.63, 3.8) is 0 Å². The van der Waals surface area contributed by atoms with Crippen LogP contribution in [0.5, 0.6) is 0 Å². The van der Waals surface area contributed by atoms with Crippen molar-refractivity contribution in [2.45, 2.75) is 6.92 Å². The van der Waals surface area contributed by atoms with Gasteiger partial charge < -0.3 is 4.57 Å². The minimum atomic E-state index is 1.21. The first-order valence-corrected chi connectivity index (χ1v) is 10.0. The lowest BCUT2D eigenvalue weighted by Crippen LogP contribution is -1.93. The third-order valence-electron chi connectivity index (χ3n) is 5.44. The molecule has 2 heterocycles. The van der Waals surface area contributed by atoms with Gasteiger partial charge in [-0.1, -0.05) is 48.5 Å². The van der Waals surface area contributed by atoms with Gasteiger partial charge in [-0.05, 0) is 48.9 Å². The van der Waals surface area contributed by atoms with Gasteiger partial charge in [0.2, 0.25) is 0 Å². The molecule has 0 amide bonds. The summed E-state index contributed by atoms with van der Waals surface area (Å²) in [6.45, 7) is 2.17. The van der Waals surface area contributed by atoms with Crippen LogP contribution in [0.3, 0.4) is 0 Å². The topological polar surface area (TPSA) is 4.93 Å². The van der Waals surface area contributed by atoms with Gasteiger partial charge in [0.05, 0.1) is 11.0 Å². The Morgan fingerprint density at radius 3 is 2.33 bits per heavy atom. The fourth-order valence-electron chi connectivity index (χ4n) is 4.29. The van der Waals surface area contributed by atoms with E-state index in [2.05, 4.69) is 96.4 Å². The molecule has 0 atom stereocenters. The molecule has 27 heavy (non-hydrogen) atoms. The van der Waals surface area contributed by atoms with Crippen molar-refractivity contribution >= 4 is 53.3 Å². The van der Waals surface area contributed by atoms with Crippen molar-refractivity contribution in [2.24, 2.45) is 0 Å². The van der Waals surface area contributed by atoms with Crippen LogP contribution >= 0.6 is 11.3 Å². The average Bonchev–Trinajstić information content (AvgIpc) is 3.23. The van der Waals surface area contributed by atoms with E-state index in [1.807, 2.05) is 11.3 Å². The van der Waals surface area contributed by atoms with Gasteiger partial charge in [0.1, 0.15) is 0 Å². The van der Waals surface area contributed by atoms with Crippen molar-refractivity contribution in [3.05, 3.63) is 90.5 Å². The van der Waals surface area contributed by atoms with Crippen LogP contribution in [-0.2, 0) is 0 Å². The third-order valence-corrected chi connectivity index (χ3v) is 6.58. The van der Waals surface area contributed by atoms with Crippen molar-refractivity contribution in [1.29, 1.82) is 0 Å². The maximum absolute atomic E-state index is 2.41. The van der Waals surface area contributed by atoms with Crippen LogP contribution in [0, 0.1) is 6.92 Å². The van der Waals surface area contributed by atoms with Gasteiger partial charge in [-0.2, -0.15) is 0 Å². The van der Waals surface area contributed by atoms with Gasteiger partial charge in [0.15, 0.2) is 0 Å². The van der Waals surface area contributed by atoms with Gasteiger partial charge in [0.25, 0.3) is 0 Å². The third kappa shape index (κ3) is 2.05. The van der Waals surface area contributed by atoms with Crippen LogP contribution in [0.15, 0.2) is 84.9 Å². The van der Waals surface area contributed by atoms with Gasteiger partial charge in [-0.3, -0.25) is 0 Å². The van der Waals surface area contributed by atoms with E-state index < -0.39 is 0 Å². The summed E-state index contributed by atoms with van der Waals surface area (Å²) in [5.74, 6) is 0. The summed E-state index contributed by atoms with van der Waals surface area (Å²) in [4.78, 5) is 0. The number of aromatic nitrogens is 1. The molecule has 2 heteroatoms. The smallest absolute Gasteiger partial charge is 0.0548 e. The molecule has 1 nitrogen and oxygen atoms in total. The molecule has 0 unspecified atom stereocenters. The number of aryl methyl sites for hydroxylation is 1. The summed E-state index contributed by atoms with van der Waals surface area (Å²) in [6.07, 6.45) is 0. The van der Waals surface area contributed by atoms with Crippen molar-refractivity contribution in [2.75, 3.05) is 0 Å². The molecule has 2 aromatic heterocycles. The zero-order chi connectivity index (χ0) is 18.0. The molecule has 0 saturated heterocycles. The van der Waals surface area contributed by atoms with Crippen LogP contribution in [0.4, 0.5) is 0 Å². The molecule has 0 saturated carbocycles. The lowest BCUT2D eigenvalue weighted by atomic mass is 10.0. The number of benzene rings is 4. The molecule has 6 rings (SSSR count). The minimum absolute atomic E-state index is 1.21. The van der Waals surface area contributed by atoms with Crippen molar-refractivity contribution < 1.29 is 0 Å². The molecule has 0 N–H and O–H groups in total. The summed E-state index contributed by atoms with van der Waals surface area (Å²) in [7, 11) is 0. The number of hydrogen-bond donors (Lipinski definition) is 0. The number of para-hydroxylation sites is 1. The SMILES string of the molecule is Cc1ccc2c3c4c(ccc3n(-c3ccccc3)c2c1)sc1ccccc14. The molecule has 0 radical (unpaired) electrons. The van der Waals surface area contributed by atoms with E-state index in [1.54, 1.807) is 0 Å². The monoisotopic (exact) mass is 363 g/mol. The van der Waals surface area contributed by atoms with Crippen LogP contribution < -0.4 is 0 Å². The molecule has 0 bridgehead atoms. The molecular formula is C25H17NS. The van der Waals surface area contributed by atoms with Crippen LogP contribution in [0.1, 0.15) is 5.56 Å². The molecule has 0 fully saturated rings. The average molecular weight is 363 g/mol. The summed E-state index contributed by atoms with van der Waals surface area (Å²) in [5, 5.41) is 5.44. The lowest BCUT2D eigenvalue weighted by Gasteiger charge is -2.07. The second-order valence-electron chi connectivity index (χ2n) is 7.12. The zero-order valence-electron chi connectivity index (χ0n) is 14.9. The Morgan fingerprint density at radius 1 is 0.630 bits per heavy atom. The predicted octanol–water partition coefficient (Wildman–Crippen LogP) is 7.46. The Hall–Kier alpha value is -3.10. The number of thiophene rings is 1. The maximum atomic E-state index is 2.41. The highest BCUT2D eigenvalue weighted by Crippen LogP contribution is 2.43. The first kappa shape index (κ1) is 15.0. The Morgan fingerprint density at radius 2 is 1.44 bits per heavy atom. The quantitative estimate of drug-likeness (QED) is 0.286. The highest BCUT2D eigenvalue weighted by atomic mass is 32.1. The first-order chi connectivity index (χ1) is 13.3. The van der Waals surface area contributed by atoms with E-state index in [9.17, 15) is 0 Å². The number of fused-ring (bicyclic) bond motifs is 7. The highest BCUT2D eigenvalue weighted by molar-refractivity contribution is 7.26. The highest BCUT2D eigenvalue weighted by Gasteiger charge is 2.17. The standard InChI is InChI=1S/C25H17NS/c1-16-11-12-18-21(15-16)26(17-7-3-2-4-8-17)20-13-14-23-25(24(18)20)19-9-5-6-10-22(19)27-23/h2-15H,1H3. The number of hydrogen-bond acceptors (Lipinski definition) is 1. The summed E-state index contributed by atoms with van der Waals surface area (Å²) < 4.78 is 5.12. The fraction of sp³-hybridized carbons (Fsp3) is 0.0400. The van der Waals surface area contributed by atoms with Crippen LogP contribution in [0.25, 0.3) is 47.7 Å². The van der Waals surface area contributed by atoms with Crippen molar-refractivity contribution in [1.82, 2.24) is 4.57 Å². The summed E-state index contributed by atoms with van der Waals surface area (Å²) in [6, 6.07) is 30.8. The lowest BCUT2D eigenvalue weighted by molar-refractivity contribution is 1.18. The molecule has 0 aliphatic rings. The first-order valence-electron chi connectivity index (χ1n) is 9.22. The molecule has 0 aliphatic carbocycles. The Kier molecular flexibility index (Phi) is 3.03. The van der Waals surface area contributed by atoms with E-state index in [0.717, 1.165) is 0 Å². The molecular weight excluding hydrogens is 346 g/mol. The van der Waals surface area contributed by atoms with E-state index in [-0.39, 0.29) is 0 Å². The molecule has 0 spiro atoms. The Labute approximate surface area is 161 Å². The van der Waals surface area contributed by atoms with Gasteiger partial charge in [-0.15, -0.1) is 11.3 Å². The van der Waals surface area contributed by atoms with Gasteiger partial charge in [-0.25, -0.2) is 0 Å². The summed E-state index contributed by atoms with van der Waals surface area (Å²) >= 11 is 1.88. The molecule has 0 aliphatic heterocycles. The Bertz CT molecular complexity index is 1470. The van der Waals surface area contributed by atoms with Gasteiger partial charge >= 0.3 is 0 Å².